The maximum atomic E-state index is 13.3. The van der Waals surface area contributed by atoms with Crippen molar-refractivity contribution in [1.29, 1.82) is 0 Å². The predicted molar refractivity (Wildman–Crippen MR) is 134 cm³/mol. The average Bonchev–Trinajstić information content (AvgIpc) is 3.44. The van der Waals surface area contributed by atoms with Gasteiger partial charge in [0.2, 0.25) is 0 Å². The van der Waals surface area contributed by atoms with Crippen molar-refractivity contribution >= 4 is 22.7 Å². The first-order chi connectivity index (χ1) is 16.9. The molecule has 2 aromatic heterocycles. The van der Waals surface area contributed by atoms with Gasteiger partial charge in [0.1, 0.15) is 11.6 Å². The van der Waals surface area contributed by atoms with Crippen LogP contribution in [0.3, 0.4) is 0 Å². The maximum Gasteiger partial charge on any atom is 0.417 e. The number of fused-ring (bicyclic) bond motifs is 3. The summed E-state index contributed by atoms with van der Waals surface area (Å²) < 4.78 is 20.5. The minimum atomic E-state index is -0.653. The van der Waals surface area contributed by atoms with Crippen molar-refractivity contribution in [2.75, 3.05) is 11.9 Å². The molecule has 1 aliphatic carbocycles. The smallest absolute Gasteiger partial charge is 0.410 e. The molecule has 182 valence electrons. The molecule has 0 saturated heterocycles. The summed E-state index contributed by atoms with van der Waals surface area (Å²) in [5.41, 5.74) is 5.49. The van der Waals surface area contributed by atoms with E-state index in [1.807, 2.05) is 29.1 Å². The van der Waals surface area contributed by atoms with Crippen LogP contribution >= 0.6 is 0 Å². The molecule has 0 radical (unpaired) electrons. The Kier molecular flexibility index (Phi) is 6.55. The molecule has 1 amide bonds. The van der Waals surface area contributed by atoms with Crippen LogP contribution in [0.5, 0.6) is 5.75 Å². The lowest BCUT2D eigenvalue weighted by Crippen LogP contribution is -2.35. The highest BCUT2D eigenvalue weighted by Crippen LogP contribution is 2.31. The van der Waals surface area contributed by atoms with Crippen molar-refractivity contribution < 1.29 is 13.9 Å². The minimum Gasteiger partial charge on any atom is -0.410 e. The molecule has 35 heavy (non-hydrogen) atoms. The molecule has 5 rings (SSSR count). The number of rotatable bonds is 7. The van der Waals surface area contributed by atoms with Gasteiger partial charge in [-0.15, -0.1) is 0 Å². The molecule has 7 nitrogen and oxygen atoms in total. The number of benzene rings is 2. The summed E-state index contributed by atoms with van der Waals surface area (Å²) in [6.07, 6.45) is 7.36. The highest BCUT2D eigenvalue weighted by atomic mass is 19.1. The minimum absolute atomic E-state index is 0.160. The van der Waals surface area contributed by atoms with E-state index >= 15 is 0 Å². The van der Waals surface area contributed by atoms with Gasteiger partial charge in [-0.2, -0.15) is 5.10 Å². The number of nitrogens with zero attached hydrogens (tertiary/aromatic N) is 2. The van der Waals surface area contributed by atoms with Crippen molar-refractivity contribution in [1.82, 2.24) is 20.1 Å². The number of aromatic nitrogens is 3. The number of aryl methyl sites for hydroxylation is 1. The Bertz CT molecular complexity index is 1340. The van der Waals surface area contributed by atoms with Crippen molar-refractivity contribution in [3.63, 3.8) is 0 Å². The first-order valence-corrected chi connectivity index (χ1v) is 12.1. The Morgan fingerprint density at radius 1 is 1.29 bits per heavy atom. The predicted octanol–water partition coefficient (Wildman–Crippen LogP) is 5.38. The highest BCUT2D eigenvalue weighted by molar-refractivity contribution is 5.93. The number of nitrogens with one attached hydrogen (secondary N) is 3. The first kappa shape index (κ1) is 23.1. The standard InChI is InChI=1S/C27H30FN5O2/c1-17(2)33-16-18(15-30-33)10-11-29-20-6-8-25-23(13-20)24-14-21(7-9-26(24)32-25)31-27(34)35-22-5-3-4-19(28)12-22/h3-5,7,9,12,14-17,20,29,32H,6,8,10-11,13H2,1-2H3,(H,31,34). The van der Waals surface area contributed by atoms with Crippen LogP contribution in [0.25, 0.3) is 10.9 Å². The van der Waals surface area contributed by atoms with Crippen LogP contribution in [-0.4, -0.2) is 33.4 Å². The quantitative estimate of drug-likeness (QED) is 0.335. The van der Waals surface area contributed by atoms with E-state index in [4.69, 9.17) is 4.74 Å². The van der Waals surface area contributed by atoms with Gasteiger partial charge in [-0.1, -0.05) is 6.07 Å². The number of hydrogen-bond acceptors (Lipinski definition) is 4. The van der Waals surface area contributed by atoms with Gasteiger partial charge >= 0.3 is 6.09 Å². The number of aromatic amines is 1. The van der Waals surface area contributed by atoms with Gasteiger partial charge in [0.15, 0.2) is 0 Å². The summed E-state index contributed by atoms with van der Waals surface area (Å²) in [5.74, 6) is -0.294. The van der Waals surface area contributed by atoms with Crippen LogP contribution in [-0.2, 0) is 19.3 Å². The number of anilines is 1. The van der Waals surface area contributed by atoms with Crippen LogP contribution in [0.1, 0.15) is 43.1 Å². The topological polar surface area (TPSA) is 84.0 Å². The lowest BCUT2D eigenvalue weighted by molar-refractivity contribution is 0.215. The molecule has 1 atom stereocenters. The Balaban J connectivity index is 1.22. The second-order valence-electron chi connectivity index (χ2n) is 9.38. The third kappa shape index (κ3) is 5.38. The van der Waals surface area contributed by atoms with E-state index in [9.17, 15) is 9.18 Å². The van der Waals surface area contributed by atoms with E-state index in [0.717, 1.165) is 43.1 Å². The molecule has 2 heterocycles. The fraction of sp³-hybridized carbons (Fsp3) is 0.333. The monoisotopic (exact) mass is 475 g/mol. The van der Waals surface area contributed by atoms with Crippen molar-refractivity contribution in [3.8, 4) is 5.75 Å². The first-order valence-electron chi connectivity index (χ1n) is 12.1. The second-order valence-corrected chi connectivity index (χ2v) is 9.38. The van der Waals surface area contributed by atoms with Crippen LogP contribution < -0.4 is 15.4 Å². The van der Waals surface area contributed by atoms with Gasteiger partial charge in [0.25, 0.3) is 0 Å². The van der Waals surface area contributed by atoms with Gasteiger partial charge in [-0.3, -0.25) is 10.00 Å². The molecule has 3 N–H and O–H groups in total. The van der Waals surface area contributed by atoms with Crippen LogP contribution in [0.4, 0.5) is 14.9 Å². The molecule has 0 spiro atoms. The molecular formula is C27H30FN5O2. The van der Waals surface area contributed by atoms with E-state index in [0.29, 0.717) is 17.8 Å². The Morgan fingerprint density at radius 2 is 2.17 bits per heavy atom. The number of carbonyl (C=O) groups is 1. The number of halogens is 1. The van der Waals surface area contributed by atoms with Gasteiger partial charge in [0, 0.05) is 46.6 Å². The van der Waals surface area contributed by atoms with Crippen molar-refractivity contribution in [2.24, 2.45) is 0 Å². The number of amides is 1. The SMILES string of the molecule is CC(C)n1cc(CCNC2CCc3[nH]c4ccc(NC(=O)Oc5cccc(F)c5)cc4c3C2)cn1. The molecule has 0 bridgehead atoms. The largest absolute Gasteiger partial charge is 0.417 e. The van der Waals surface area contributed by atoms with E-state index < -0.39 is 11.9 Å². The summed E-state index contributed by atoms with van der Waals surface area (Å²) in [6, 6.07) is 12.1. The molecule has 8 heteroatoms. The van der Waals surface area contributed by atoms with E-state index in [1.54, 1.807) is 0 Å². The zero-order valence-electron chi connectivity index (χ0n) is 20.0. The van der Waals surface area contributed by atoms with Crippen molar-refractivity contribution in [3.05, 3.63) is 77.5 Å². The molecule has 1 unspecified atom stereocenters. The zero-order valence-corrected chi connectivity index (χ0v) is 20.0. The maximum absolute atomic E-state index is 13.3. The molecule has 2 aromatic carbocycles. The molecular weight excluding hydrogens is 445 g/mol. The molecule has 1 aliphatic rings. The number of ether oxygens (including phenoxy) is 1. The lowest BCUT2D eigenvalue weighted by atomic mass is 9.91. The van der Waals surface area contributed by atoms with E-state index in [-0.39, 0.29) is 5.75 Å². The van der Waals surface area contributed by atoms with Gasteiger partial charge in [0.05, 0.1) is 6.20 Å². The normalized spacial score (nSPS) is 15.4. The third-order valence-electron chi connectivity index (χ3n) is 6.47. The summed E-state index contributed by atoms with van der Waals surface area (Å²) in [6.45, 7) is 5.17. The van der Waals surface area contributed by atoms with Gasteiger partial charge < -0.3 is 15.0 Å². The zero-order chi connectivity index (χ0) is 24.4. The Labute approximate surface area is 203 Å². The number of H-pyrrole nitrogens is 1. The van der Waals surface area contributed by atoms with Gasteiger partial charge in [-0.25, -0.2) is 9.18 Å². The van der Waals surface area contributed by atoms with Crippen LogP contribution in [0.15, 0.2) is 54.9 Å². The Hall–Kier alpha value is -3.65. The Morgan fingerprint density at radius 3 is 2.97 bits per heavy atom. The van der Waals surface area contributed by atoms with Crippen molar-refractivity contribution in [2.45, 2.75) is 51.6 Å². The summed E-state index contributed by atoms with van der Waals surface area (Å²) >= 11 is 0. The van der Waals surface area contributed by atoms with E-state index in [2.05, 4.69) is 40.8 Å². The molecule has 0 fully saturated rings. The number of hydrogen-bond donors (Lipinski definition) is 3. The summed E-state index contributed by atoms with van der Waals surface area (Å²) in [7, 11) is 0. The van der Waals surface area contributed by atoms with E-state index in [1.165, 1.54) is 41.1 Å². The number of carbonyl (C=O) groups excluding carboxylic acids is 1. The van der Waals surface area contributed by atoms with Gasteiger partial charge in [-0.05, 0) is 87.5 Å². The fourth-order valence-electron chi connectivity index (χ4n) is 4.66. The molecule has 4 aromatic rings. The molecule has 0 aliphatic heterocycles. The highest BCUT2D eigenvalue weighted by Gasteiger charge is 2.22. The summed E-state index contributed by atoms with van der Waals surface area (Å²) in [5, 5.41) is 12.0. The third-order valence-corrected chi connectivity index (χ3v) is 6.47. The summed E-state index contributed by atoms with van der Waals surface area (Å²) in [4.78, 5) is 15.8. The second kappa shape index (κ2) is 9.92. The average molecular weight is 476 g/mol. The molecule has 0 saturated carbocycles. The lowest BCUT2D eigenvalue weighted by Gasteiger charge is -2.23. The fourth-order valence-corrected chi connectivity index (χ4v) is 4.66. The van der Waals surface area contributed by atoms with Crippen LogP contribution in [0, 0.1) is 5.82 Å². The van der Waals surface area contributed by atoms with Crippen LogP contribution in [0.2, 0.25) is 0 Å².